The first-order valence-electron chi connectivity index (χ1n) is 8.08. The van der Waals surface area contributed by atoms with Gasteiger partial charge in [-0.1, -0.05) is 18.2 Å². The summed E-state index contributed by atoms with van der Waals surface area (Å²) in [6, 6.07) is 9.38. The number of ether oxygens (including phenoxy) is 1. The van der Waals surface area contributed by atoms with E-state index in [-0.39, 0.29) is 12.4 Å². The van der Waals surface area contributed by atoms with Gasteiger partial charge in [0.2, 0.25) is 0 Å². The molecule has 132 valence electrons. The van der Waals surface area contributed by atoms with Gasteiger partial charge in [-0.2, -0.15) is 0 Å². The molecule has 0 aliphatic carbocycles. The maximum Gasteiger partial charge on any atom is 0.257 e. The van der Waals surface area contributed by atoms with Crippen LogP contribution in [0.1, 0.15) is 28.8 Å². The van der Waals surface area contributed by atoms with Crippen molar-refractivity contribution in [2.75, 3.05) is 19.8 Å². The van der Waals surface area contributed by atoms with Gasteiger partial charge in [-0.05, 0) is 42.7 Å². The Balaban J connectivity index is 1.82. The number of hydrogen-bond acceptors (Lipinski definition) is 2. The molecule has 0 atom stereocenters. The van der Waals surface area contributed by atoms with Crippen LogP contribution in [0.15, 0.2) is 42.5 Å². The third-order valence-corrected chi connectivity index (χ3v) is 4.68. The van der Waals surface area contributed by atoms with Crippen molar-refractivity contribution >= 4 is 5.91 Å². The molecule has 25 heavy (non-hydrogen) atoms. The van der Waals surface area contributed by atoms with Crippen LogP contribution < -0.4 is 5.32 Å². The number of amides is 1. The molecule has 0 radical (unpaired) electrons. The minimum atomic E-state index is -0.902. The highest BCUT2D eigenvalue weighted by atomic mass is 19.1. The second-order valence-corrected chi connectivity index (χ2v) is 6.18. The van der Waals surface area contributed by atoms with Crippen LogP contribution in [-0.2, 0) is 10.2 Å². The van der Waals surface area contributed by atoms with Gasteiger partial charge in [-0.3, -0.25) is 4.79 Å². The second kappa shape index (κ2) is 7.27. The highest BCUT2D eigenvalue weighted by Crippen LogP contribution is 2.34. The lowest BCUT2D eigenvalue weighted by Gasteiger charge is -2.38. The van der Waals surface area contributed by atoms with E-state index in [1.807, 2.05) is 0 Å². The highest BCUT2D eigenvalue weighted by Gasteiger charge is 2.35. The summed E-state index contributed by atoms with van der Waals surface area (Å²) in [5.41, 5.74) is -0.182. The fourth-order valence-corrected chi connectivity index (χ4v) is 3.19. The number of nitrogens with one attached hydrogen (secondary N) is 1. The van der Waals surface area contributed by atoms with Crippen molar-refractivity contribution in [3.05, 3.63) is 71.0 Å². The minimum absolute atomic E-state index is 0.189. The average molecular weight is 349 g/mol. The van der Waals surface area contributed by atoms with Crippen molar-refractivity contribution in [1.82, 2.24) is 5.32 Å². The Morgan fingerprint density at radius 3 is 2.20 bits per heavy atom. The largest absolute Gasteiger partial charge is 0.381 e. The maximum atomic E-state index is 13.8. The van der Waals surface area contributed by atoms with Gasteiger partial charge in [0.25, 0.3) is 5.91 Å². The molecule has 0 unspecified atom stereocenters. The SMILES string of the molecule is O=C(NCC1(c2ccc(F)cc2)CCOCC1)c1c(F)cccc1F. The molecular weight excluding hydrogens is 331 g/mol. The molecule has 6 heteroatoms. The van der Waals surface area contributed by atoms with Crippen LogP contribution in [0.5, 0.6) is 0 Å². The van der Waals surface area contributed by atoms with E-state index in [1.54, 1.807) is 12.1 Å². The quantitative estimate of drug-likeness (QED) is 0.916. The summed E-state index contributed by atoms with van der Waals surface area (Å²) < 4.78 is 46.2. The van der Waals surface area contributed by atoms with Crippen molar-refractivity contribution in [1.29, 1.82) is 0 Å². The summed E-state index contributed by atoms with van der Waals surface area (Å²) in [6.07, 6.45) is 1.25. The molecule has 1 amide bonds. The zero-order chi connectivity index (χ0) is 17.9. The molecular formula is C19H18F3NO2. The van der Waals surface area contributed by atoms with Gasteiger partial charge < -0.3 is 10.1 Å². The van der Waals surface area contributed by atoms with E-state index < -0.39 is 28.5 Å². The van der Waals surface area contributed by atoms with Gasteiger partial charge in [0, 0.05) is 25.2 Å². The Kier molecular flexibility index (Phi) is 5.08. The molecule has 2 aromatic carbocycles. The first-order valence-corrected chi connectivity index (χ1v) is 8.08. The lowest BCUT2D eigenvalue weighted by molar-refractivity contribution is 0.0486. The van der Waals surface area contributed by atoms with Crippen molar-refractivity contribution < 1.29 is 22.7 Å². The van der Waals surface area contributed by atoms with E-state index in [0.717, 1.165) is 17.7 Å². The number of carbonyl (C=O) groups is 1. The lowest BCUT2D eigenvalue weighted by Crippen LogP contribution is -2.45. The van der Waals surface area contributed by atoms with Crippen molar-refractivity contribution in [2.45, 2.75) is 18.3 Å². The van der Waals surface area contributed by atoms with Gasteiger partial charge in [-0.15, -0.1) is 0 Å². The van der Waals surface area contributed by atoms with E-state index in [1.165, 1.54) is 18.2 Å². The molecule has 0 saturated carbocycles. The van der Waals surface area contributed by atoms with Gasteiger partial charge in [0.05, 0.1) is 0 Å². The number of benzene rings is 2. The molecule has 0 aromatic heterocycles. The standard InChI is InChI=1S/C19H18F3NO2/c20-14-6-4-13(5-7-14)19(8-10-25-11-9-19)12-23-18(24)17-15(21)2-1-3-16(17)22/h1-7H,8-12H2,(H,23,24). The van der Waals surface area contributed by atoms with Crippen LogP contribution in [0.2, 0.25) is 0 Å². The van der Waals surface area contributed by atoms with Crippen molar-refractivity contribution in [3.63, 3.8) is 0 Å². The summed E-state index contributed by atoms with van der Waals surface area (Å²) in [5.74, 6) is -2.95. The van der Waals surface area contributed by atoms with Crippen LogP contribution in [0.25, 0.3) is 0 Å². The molecule has 0 spiro atoms. The number of halogens is 3. The van der Waals surface area contributed by atoms with Crippen LogP contribution in [0.3, 0.4) is 0 Å². The molecule has 1 fully saturated rings. The molecule has 0 bridgehead atoms. The van der Waals surface area contributed by atoms with Gasteiger partial charge >= 0.3 is 0 Å². The van der Waals surface area contributed by atoms with E-state index >= 15 is 0 Å². The molecule has 1 aliphatic heterocycles. The fourth-order valence-electron chi connectivity index (χ4n) is 3.19. The highest BCUT2D eigenvalue weighted by molar-refractivity contribution is 5.94. The third-order valence-electron chi connectivity index (χ3n) is 4.68. The molecule has 1 aliphatic rings. The van der Waals surface area contributed by atoms with Crippen LogP contribution in [0.4, 0.5) is 13.2 Å². The second-order valence-electron chi connectivity index (χ2n) is 6.18. The number of carbonyl (C=O) groups excluding carboxylic acids is 1. The zero-order valence-electron chi connectivity index (χ0n) is 13.5. The smallest absolute Gasteiger partial charge is 0.257 e. The van der Waals surface area contributed by atoms with Gasteiger partial charge in [0.15, 0.2) is 0 Å². The predicted molar refractivity (Wildman–Crippen MR) is 86.8 cm³/mol. The van der Waals surface area contributed by atoms with Crippen LogP contribution in [-0.4, -0.2) is 25.7 Å². The molecule has 1 N–H and O–H groups in total. The zero-order valence-corrected chi connectivity index (χ0v) is 13.5. The van der Waals surface area contributed by atoms with E-state index in [4.69, 9.17) is 4.74 Å². The monoisotopic (exact) mass is 349 g/mol. The van der Waals surface area contributed by atoms with E-state index in [9.17, 15) is 18.0 Å². The third kappa shape index (κ3) is 3.69. The lowest BCUT2D eigenvalue weighted by atomic mass is 9.74. The Labute approximate surface area is 143 Å². The summed E-state index contributed by atoms with van der Waals surface area (Å²) in [4.78, 5) is 12.3. The Hall–Kier alpha value is -2.34. The molecule has 1 saturated heterocycles. The fraction of sp³-hybridized carbons (Fsp3) is 0.316. The van der Waals surface area contributed by atoms with E-state index in [0.29, 0.717) is 26.1 Å². The normalized spacial score (nSPS) is 16.4. The molecule has 3 nitrogen and oxygen atoms in total. The van der Waals surface area contributed by atoms with Gasteiger partial charge in [0.1, 0.15) is 23.0 Å². The summed E-state index contributed by atoms with van der Waals surface area (Å²) in [5, 5.41) is 2.64. The first kappa shape index (κ1) is 17.5. The summed E-state index contributed by atoms with van der Waals surface area (Å²) >= 11 is 0. The predicted octanol–water partition coefficient (Wildman–Crippen LogP) is 3.58. The molecule has 1 heterocycles. The molecule has 3 rings (SSSR count). The summed E-state index contributed by atoms with van der Waals surface area (Å²) in [7, 11) is 0. The minimum Gasteiger partial charge on any atom is -0.381 e. The maximum absolute atomic E-state index is 13.8. The summed E-state index contributed by atoms with van der Waals surface area (Å²) in [6.45, 7) is 1.19. The Morgan fingerprint density at radius 2 is 1.60 bits per heavy atom. The van der Waals surface area contributed by atoms with Crippen molar-refractivity contribution in [2.24, 2.45) is 0 Å². The van der Waals surface area contributed by atoms with Crippen LogP contribution in [0, 0.1) is 17.5 Å². The topological polar surface area (TPSA) is 38.3 Å². The average Bonchev–Trinajstić information content (AvgIpc) is 2.61. The van der Waals surface area contributed by atoms with Crippen molar-refractivity contribution in [3.8, 4) is 0 Å². The van der Waals surface area contributed by atoms with Gasteiger partial charge in [-0.25, -0.2) is 13.2 Å². The van der Waals surface area contributed by atoms with E-state index in [2.05, 4.69) is 5.32 Å². The Morgan fingerprint density at radius 1 is 1.00 bits per heavy atom. The number of rotatable bonds is 4. The number of hydrogen-bond donors (Lipinski definition) is 1. The first-order chi connectivity index (χ1) is 12.0. The van der Waals surface area contributed by atoms with Crippen LogP contribution >= 0.6 is 0 Å². The Bertz CT molecular complexity index is 736. The molecule has 2 aromatic rings.